The SMILES string of the molecule is C#CCNC(=NCc1ccc(S(=O)(=O)N(C)C(C)C)cc1)NCC. The van der Waals surface area contributed by atoms with Crippen LogP contribution in [0, 0.1) is 12.3 Å². The van der Waals surface area contributed by atoms with Crippen molar-refractivity contribution in [1.82, 2.24) is 14.9 Å². The fourth-order valence-corrected chi connectivity index (χ4v) is 3.23. The highest BCUT2D eigenvalue weighted by atomic mass is 32.2. The summed E-state index contributed by atoms with van der Waals surface area (Å²) in [6.45, 7) is 7.20. The average molecular weight is 350 g/mol. The van der Waals surface area contributed by atoms with Gasteiger partial charge < -0.3 is 10.6 Å². The van der Waals surface area contributed by atoms with E-state index in [9.17, 15) is 8.42 Å². The molecular weight excluding hydrogens is 324 g/mol. The van der Waals surface area contributed by atoms with Crippen LogP contribution in [0.1, 0.15) is 26.3 Å². The zero-order chi connectivity index (χ0) is 18.2. The van der Waals surface area contributed by atoms with Gasteiger partial charge in [-0.3, -0.25) is 0 Å². The molecule has 0 aromatic heterocycles. The van der Waals surface area contributed by atoms with Gasteiger partial charge in [-0.1, -0.05) is 18.1 Å². The monoisotopic (exact) mass is 350 g/mol. The smallest absolute Gasteiger partial charge is 0.243 e. The summed E-state index contributed by atoms with van der Waals surface area (Å²) in [6, 6.07) is 6.68. The first kappa shape index (κ1) is 20.0. The van der Waals surface area contributed by atoms with Crippen molar-refractivity contribution in [2.75, 3.05) is 20.1 Å². The molecule has 1 aromatic rings. The number of terminal acetylenes is 1. The van der Waals surface area contributed by atoms with E-state index < -0.39 is 10.0 Å². The normalized spacial score (nSPS) is 12.3. The van der Waals surface area contributed by atoms with E-state index in [1.807, 2.05) is 20.8 Å². The lowest BCUT2D eigenvalue weighted by Gasteiger charge is -2.21. The van der Waals surface area contributed by atoms with Crippen molar-refractivity contribution in [1.29, 1.82) is 0 Å². The molecule has 1 aromatic carbocycles. The van der Waals surface area contributed by atoms with Gasteiger partial charge in [-0.25, -0.2) is 13.4 Å². The van der Waals surface area contributed by atoms with Crippen LogP contribution >= 0.6 is 0 Å². The van der Waals surface area contributed by atoms with E-state index in [4.69, 9.17) is 6.42 Å². The van der Waals surface area contributed by atoms with E-state index in [1.54, 1.807) is 31.3 Å². The van der Waals surface area contributed by atoms with Crippen LogP contribution in [0.25, 0.3) is 0 Å². The molecule has 0 radical (unpaired) electrons. The van der Waals surface area contributed by atoms with Gasteiger partial charge in [-0.15, -0.1) is 6.42 Å². The number of guanidine groups is 1. The van der Waals surface area contributed by atoms with Crippen LogP contribution in [0.4, 0.5) is 0 Å². The highest BCUT2D eigenvalue weighted by molar-refractivity contribution is 7.89. The predicted molar refractivity (Wildman–Crippen MR) is 98.2 cm³/mol. The lowest BCUT2D eigenvalue weighted by molar-refractivity contribution is 0.410. The molecule has 0 aliphatic heterocycles. The maximum atomic E-state index is 12.4. The van der Waals surface area contributed by atoms with Gasteiger partial charge in [0, 0.05) is 19.6 Å². The van der Waals surface area contributed by atoms with Crippen LogP contribution in [0.15, 0.2) is 34.2 Å². The van der Waals surface area contributed by atoms with Crippen molar-refractivity contribution in [3.63, 3.8) is 0 Å². The minimum atomic E-state index is -3.46. The van der Waals surface area contributed by atoms with Crippen LogP contribution < -0.4 is 10.6 Å². The summed E-state index contributed by atoms with van der Waals surface area (Å²) in [7, 11) is -1.87. The van der Waals surface area contributed by atoms with Gasteiger partial charge in [0.1, 0.15) is 0 Å². The van der Waals surface area contributed by atoms with E-state index in [2.05, 4.69) is 21.5 Å². The van der Waals surface area contributed by atoms with Gasteiger partial charge >= 0.3 is 0 Å². The number of nitrogens with one attached hydrogen (secondary N) is 2. The van der Waals surface area contributed by atoms with E-state index >= 15 is 0 Å². The molecule has 0 saturated heterocycles. The Morgan fingerprint density at radius 2 is 1.92 bits per heavy atom. The van der Waals surface area contributed by atoms with Crippen LogP contribution in [-0.4, -0.2) is 44.9 Å². The van der Waals surface area contributed by atoms with Gasteiger partial charge in [0.05, 0.1) is 18.0 Å². The highest BCUT2D eigenvalue weighted by Crippen LogP contribution is 2.17. The Kier molecular flexibility index (Phi) is 7.75. The number of rotatable bonds is 7. The molecule has 0 aliphatic rings. The zero-order valence-corrected chi connectivity index (χ0v) is 15.5. The number of nitrogens with zero attached hydrogens (tertiary/aromatic N) is 2. The third kappa shape index (κ3) is 5.55. The van der Waals surface area contributed by atoms with Crippen molar-refractivity contribution >= 4 is 16.0 Å². The van der Waals surface area contributed by atoms with Gasteiger partial charge in [0.15, 0.2) is 5.96 Å². The van der Waals surface area contributed by atoms with Crippen LogP contribution in [0.3, 0.4) is 0 Å². The summed E-state index contributed by atoms with van der Waals surface area (Å²) in [5.41, 5.74) is 0.916. The summed E-state index contributed by atoms with van der Waals surface area (Å²) < 4.78 is 26.2. The Balaban J connectivity index is 2.86. The highest BCUT2D eigenvalue weighted by Gasteiger charge is 2.22. The molecule has 0 heterocycles. The summed E-state index contributed by atoms with van der Waals surface area (Å²) in [6.07, 6.45) is 5.23. The average Bonchev–Trinajstić information content (AvgIpc) is 2.56. The fraction of sp³-hybridized carbons (Fsp3) is 0.471. The Morgan fingerprint density at radius 1 is 1.29 bits per heavy atom. The molecule has 0 unspecified atom stereocenters. The molecule has 0 bridgehead atoms. The first-order valence-electron chi connectivity index (χ1n) is 7.85. The second kappa shape index (κ2) is 9.30. The number of hydrogen-bond donors (Lipinski definition) is 2. The molecule has 2 N–H and O–H groups in total. The quantitative estimate of drug-likeness (QED) is 0.443. The maximum absolute atomic E-state index is 12.4. The Labute approximate surface area is 145 Å². The van der Waals surface area contributed by atoms with Crippen molar-refractivity contribution in [2.45, 2.75) is 38.3 Å². The number of benzene rings is 1. The third-order valence-electron chi connectivity index (χ3n) is 3.45. The lowest BCUT2D eigenvalue weighted by Crippen LogP contribution is -2.37. The molecule has 7 heteroatoms. The fourth-order valence-electron chi connectivity index (χ4n) is 1.86. The Bertz CT molecular complexity index is 688. The minimum absolute atomic E-state index is 0.0933. The molecule has 0 saturated carbocycles. The molecule has 0 spiro atoms. The van der Waals surface area contributed by atoms with Gasteiger partial charge in [0.25, 0.3) is 0 Å². The summed E-state index contributed by atoms with van der Waals surface area (Å²) >= 11 is 0. The summed E-state index contributed by atoms with van der Waals surface area (Å²) in [5.74, 6) is 3.13. The molecule has 1 rings (SSSR count). The second-order valence-electron chi connectivity index (χ2n) is 5.51. The molecule has 0 atom stereocenters. The van der Waals surface area contributed by atoms with E-state index in [1.165, 1.54) is 4.31 Å². The van der Waals surface area contributed by atoms with Crippen molar-refractivity contribution in [2.24, 2.45) is 4.99 Å². The Hall–Kier alpha value is -2.04. The van der Waals surface area contributed by atoms with Crippen molar-refractivity contribution in [3.8, 4) is 12.3 Å². The Morgan fingerprint density at radius 3 is 2.42 bits per heavy atom. The number of aliphatic imine (C=N–C) groups is 1. The van der Waals surface area contributed by atoms with Gasteiger partial charge in [0.2, 0.25) is 10.0 Å². The maximum Gasteiger partial charge on any atom is 0.243 e. The van der Waals surface area contributed by atoms with Gasteiger partial charge in [-0.05, 0) is 38.5 Å². The molecule has 6 nitrogen and oxygen atoms in total. The molecular formula is C17H26N4O2S. The van der Waals surface area contributed by atoms with Crippen LogP contribution in [0.2, 0.25) is 0 Å². The second-order valence-corrected chi connectivity index (χ2v) is 7.51. The topological polar surface area (TPSA) is 73.8 Å². The van der Waals surface area contributed by atoms with Crippen molar-refractivity contribution < 1.29 is 8.42 Å². The first-order chi connectivity index (χ1) is 11.3. The molecule has 132 valence electrons. The van der Waals surface area contributed by atoms with Gasteiger partial charge in [-0.2, -0.15) is 4.31 Å². The minimum Gasteiger partial charge on any atom is -0.357 e. The molecule has 0 aliphatic carbocycles. The first-order valence-corrected chi connectivity index (χ1v) is 9.29. The van der Waals surface area contributed by atoms with Crippen LogP contribution in [0.5, 0.6) is 0 Å². The molecule has 24 heavy (non-hydrogen) atoms. The number of sulfonamides is 1. The summed E-state index contributed by atoms with van der Waals surface area (Å²) in [4.78, 5) is 4.70. The number of hydrogen-bond acceptors (Lipinski definition) is 3. The largest absolute Gasteiger partial charge is 0.357 e. The standard InChI is InChI=1S/C17H26N4O2S/c1-6-12-19-17(18-7-2)20-13-15-8-10-16(11-9-15)24(22,23)21(5)14(3)4/h1,8-11,14H,7,12-13H2,2-5H3,(H2,18,19,20). The van der Waals surface area contributed by atoms with E-state index in [0.29, 0.717) is 19.0 Å². The zero-order valence-electron chi connectivity index (χ0n) is 14.7. The summed E-state index contributed by atoms with van der Waals surface area (Å²) in [5, 5.41) is 6.10. The molecule has 0 fully saturated rings. The predicted octanol–water partition coefficient (Wildman–Crippen LogP) is 1.40. The van der Waals surface area contributed by atoms with E-state index in [0.717, 1.165) is 12.1 Å². The van der Waals surface area contributed by atoms with Crippen molar-refractivity contribution in [3.05, 3.63) is 29.8 Å². The van der Waals surface area contributed by atoms with Crippen LogP contribution in [-0.2, 0) is 16.6 Å². The lowest BCUT2D eigenvalue weighted by atomic mass is 10.2. The molecule has 0 amide bonds. The van der Waals surface area contributed by atoms with E-state index in [-0.39, 0.29) is 10.9 Å². The third-order valence-corrected chi connectivity index (χ3v) is 5.50.